The van der Waals surface area contributed by atoms with Crippen molar-refractivity contribution in [1.82, 2.24) is 0 Å². The van der Waals surface area contributed by atoms with Gasteiger partial charge in [-0.15, -0.1) is 0 Å². The van der Waals surface area contributed by atoms with Crippen LogP contribution in [-0.4, -0.2) is 81.2 Å². The summed E-state index contributed by atoms with van der Waals surface area (Å²) in [5, 5.41) is 52.2. The third-order valence-electron chi connectivity index (χ3n) is 2.83. The number of aliphatic hydroxyl groups excluding tert-OH is 6. The Morgan fingerprint density at radius 1 is 0.870 bits per heavy atom. The molecule has 1 rings (SSSR count). The van der Waals surface area contributed by atoms with E-state index in [1.807, 2.05) is 6.92 Å². The largest absolute Gasteiger partial charge is 0.394 e. The van der Waals surface area contributed by atoms with E-state index in [2.05, 4.69) is 0 Å². The van der Waals surface area contributed by atoms with Gasteiger partial charge in [-0.1, -0.05) is 17.7 Å². The molecule has 134 valence electrons. The summed E-state index contributed by atoms with van der Waals surface area (Å²) < 4.78 is 29.6. The molecule has 1 aromatic rings. The smallest absolute Gasteiger partial charge is 0.294 e. The Morgan fingerprint density at radius 3 is 1.48 bits per heavy atom. The molecule has 0 heterocycles. The monoisotopic (exact) mass is 354 g/mol. The number of hydrogen-bond acceptors (Lipinski definition) is 8. The molecule has 0 bridgehead atoms. The summed E-state index contributed by atoms with van der Waals surface area (Å²) in [6.45, 7) is 0.389. The van der Waals surface area contributed by atoms with Gasteiger partial charge in [-0.25, -0.2) is 0 Å². The Morgan fingerprint density at radius 2 is 1.22 bits per heavy atom. The molecule has 7 N–H and O–H groups in total. The van der Waals surface area contributed by atoms with Crippen LogP contribution in [0.25, 0.3) is 0 Å². The van der Waals surface area contributed by atoms with E-state index in [0.29, 0.717) is 0 Å². The Bertz CT molecular complexity index is 529. The van der Waals surface area contributed by atoms with E-state index in [-0.39, 0.29) is 4.90 Å². The van der Waals surface area contributed by atoms with Gasteiger partial charge in [-0.3, -0.25) is 4.55 Å². The maximum Gasteiger partial charge on any atom is 0.294 e. The van der Waals surface area contributed by atoms with Crippen molar-refractivity contribution in [3.63, 3.8) is 0 Å². The normalized spacial score (nSPS) is 16.7. The zero-order chi connectivity index (χ0) is 18.2. The van der Waals surface area contributed by atoms with Crippen molar-refractivity contribution in [2.24, 2.45) is 0 Å². The first-order valence-electron chi connectivity index (χ1n) is 6.52. The molecule has 0 aliphatic rings. The lowest BCUT2D eigenvalue weighted by molar-refractivity contribution is -0.123. The Labute approximate surface area is 133 Å². The first-order chi connectivity index (χ1) is 10.5. The second-order valence-corrected chi connectivity index (χ2v) is 6.19. The lowest BCUT2D eigenvalue weighted by Crippen LogP contribution is -2.46. The number of benzene rings is 1. The molecule has 0 saturated heterocycles. The highest BCUT2D eigenvalue weighted by Crippen LogP contribution is 2.08. The van der Waals surface area contributed by atoms with E-state index in [4.69, 9.17) is 35.2 Å². The number of aliphatic hydroxyl groups is 6. The fourth-order valence-corrected chi connectivity index (χ4v) is 1.86. The molecule has 0 unspecified atom stereocenters. The summed E-state index contributed by atoms with van der Waals surface area (Å²) in [4.78, 5) is -0.0666. The van der Waals surface area contributed by atoms with Crippen LogP contribution in [0.2, 0.25) is 0 Å². The van der Waals surface area contributed by atoms with Crippen LogP contribution in [0.4, 0.5) is 0 Å². The van der Waals surface area contributed by atoms with Crippen molar-refractivity contribution in [1.29, 1.82) is 0 Å². The van der Waals surface area contributed by atoms with Gasteiger partial charge in [0.1, 0.15) is 24.4 Å². The van der Waals surface area contributed by atoms with Crippen molar-refractivity contribution in [2.75, 3.05) is 13.2 Å². The molecule has 0 radical (unpaired) electrons. The summed E-state index contributed by atoms with van der Waals surface area (Å²) in [5.41, 5.74) is 0.956. The van der Waals surface area contributed by atoms with Gasteiger partial charge >= 0.3 is 0 Å². The van der Waals surface area contributed by atoms with Crippen LogP contribution in [-0.2, 0) is 10.1 Å². The van der Waals surface area contributed by atoms with Crippen LogP contribution in [0.1, 0.15) is 5.56 Å². The molecule has 10 heteroatoms. The second-order valence-electron chi connectivity index (χ2n) is 4.77. The summed E-state index contributed by atoms with van der Waals surface area (Å²) in [6.07, 6.45) is -6.39. The lowest BCUT2D eigenvalue weighted by Gasteiger charge is -2.24. The molecule has 0 aromatic heterocycles. The van der Waals surface area contributed by atoms with E-state index in [0.717, 1.165) is 5.56 Å². The zero-order valence-corrected chi connectivity index (χ0v) is 13.2. The van der Waals surface area contributed by atoms with Crippen molar-refractivity contribution < 1.29 is 43.6 Å². The molecule has 1 aromatic carbocycles. The van der Waals surface area contributed by atoms with Crippen LogP contribution in [0.5, 0.6) is 0 Å². The topological polar surface area (TPSA) is 176 Å². The number of hydrogen-bond donors (Lipinski definition) is 7. The highest BCUT2D eigenvalue weighted by Gasteiger charge is 2.29. The van der Waals surface area contributed by atoms with Crippen LogP contribution in [0.3, 0.4) is 0 Å². The molecule has 0 amide bonds. The fourth-order valence-electron chi connectivity index (χ4n) is 1.38. The van der Waals surface area contributed by atoms with Gasteiger partial charge < -0.3 is 30.6 Å². The molecule has 0 spiro atoms. The molecule has 0 aliphatic heterocycles. The highest BCUT2D eigenvalue weighted by molar-refractivity contribution is 7.85. The van der Waals surface area contributed by atoms with Gasteiger partial charge in [0, 0.05) is 0 Å². The van der Waals surface area contributed by atoms with Gasteiger partial charge in [-0.2, -0.15) is 8.42 Å². The maximum absolute atomic E-state index is 10.5. The quantitative estimate of drug-likeness (QED) is 0.276. The third kappa shape index (κ3) is 7.81. The number of rotatable bonds is 6. The molecular weight excluding hydrogens is 332 g/mol. The van der Waals surface area contributed by atoms with Gasteiger partial charge in [0.15, 0.2) is 0 Å². The van der Waals surface area contributed by atoms with Crippen molar-refractivity contribution in [3.05, 3.63) is 29.8 Å². The Kier molecular flexibility index (Phi) is 9.42. The standard InChI is InChI=1S/C7H8O3S.C6H14O6/c1-6-2-4-7(5-3-6)11(8,9)10;7-1-3(9)5(11)6(12)4(10)2-8/h2-5H,1H3,(H,8,9,10);3-12H,1-2H2/t;3-,4-,5-,6-/m.1/s1. The van der Waals surface area contributed by atoms with E-state index >= 15 is 0 Å². The minimum Gasteiger partial charge on any atom is -0.394 e. The molecule has 0 fully saturated rings. The fraction of sp³-hybridized carbons (Fsp3) is 0.538. The predicted octanol–water partition coefficient (Wildman–Crippen LogP) is -2.34. The first-order valence-corrected chi connectivity index (χ1v) is 7.96. The molecule has 0 saturated carbocycles. The first kappa shape index (κ1) is 21.9. The average molecular weight is 354 g/mol. The van der Waals surface area contributed by atoms with Crippen LogP contribution in [0, 0.1) is 6.92 Å². The molecule has 4 atom stereocenters. The van der Waals surface area contributed by atoms with Crippen LogP contribution >= 0.6 is 0 Å². The van der Waals surface area contributed by atoms with E-state index in [1.54, 1.807) is 12.1 Å². The molecule has 23 heavy (non-hydrogen) atoms. The summed E-state index contributed by atoms with van der Waals surface area (Å²) in [5.74, 6) is 0. The minimum atomic E-state index is -4.02. The molecule has 9 nitrogen and oxygen atoms in total. The van der Waals surface area contributed by atoms with E-state index in [9.17, 15) is 8.42 Å². The summed E-state index contributed by atoms with van der Waals surface area (Å²) >= 11 is 0. The van der Waals surface area contributed by atoms with Crippen molar-refractivity contribution >= 4 is 10.1 Å². The maximum atomic E-state index is 10.5. The van der Waals surface area contributed by atoms with E-state index in [1.165, 1.54) is 12.1 Å². The van der Waals surface area contributed by atoms with Gasteiger partial charge in [0.05, 0.1) is 18.1 Å². The molecular formula is C13H22O9S. The van der Waals surface area contributed by atoms with Crippen LogP contribution in [0.15, 0.2) is 29.2 Å². The Balaban J connectivity index is 0.000000422. The SMILES string of the molecule is Cc1ccc(S(=O)(=O)O)cc1.OC[C@@H](O)[C@@H](O)[C@H](O)[C@H](O)CO. The summed E-state index contributed by atoms with van der Waals surface area (Å²) in [6, 6.07) is 5.99. The predicted molar refractivity (Wildman–Crippen MR) is 79.2 cm³/mol. The van der Waals surface area contributed by atoms with Crippen molar-refractivity contribution in [2.45, 2.75) is 36.2 Å². The minimum absolute atomic E-state index is 0.0666. The van der Waals surface area contributed by atoms with Gasteiger partial charge in [-0.05, 0) is 19.1 Å². The lowest BCUT2D eigenvalue weighted by atomic mass is 10.0. The van der Waals surface area contributed by atoms with E-state index < -0.39 is 47.7 Å². The second kappa shape index (κ2) is 9.90. The highest BCUT2D eigenvalue weighted by atomic mass is 32.2. The number of aryl methyl sites for hydroxylation is 1. The average Bonchev–Trinajstić information content (AvgIpc) is 2.52. The summed E-state index contributed by atoms with van der Waals surface area (Å²) in [7, 11) is -4.02. The zero-order valence-electron chi connectivity index (χ0n) is 12.4. The molecule has 0 aliphatic carbocycles. The van der Waals surface area contributed by atoms with Gasteiger partial charge in [0.2, 0.25) is 0 Å². The van der Waals surface area contributed by atoms with Gasteiger partial charge in [0.25, 0.3) is 10.1 Å². The van der Waals surface area contributed by atoms with Crippen LogP contribution < -0.4 is 0 Å². The van der Waals surface area contributed by atoms with Crippen molar-refractivity contribution in [3.8, 4) is 0 Å². The third-order valence-corrected chi connectivity index (χ3v) is 3.70. The Hall–Kier alpha value is -1.11.